The van der Waals surface area contributed by atoms with E-state index in [-0.39, 0.29) is 18.4 Å². The van der Waals surface area contributed by atoms with Gasteiger partial charge >= 0.3 is 0 Å². The zero-order valence-corrected chi connectivity index (χ0v) is 11.8. The van der Waals surface area contributed by atoms with E-state index >= 15 is 0 Å². The van der Waals surface area contributed by atoms with Crippen LogP contribution in [0.3, 0.4) is 0 Å². The largest absolute Gasteiger partial charge is 0.395 e. The highest BCUT2D eigenvalue weighted by Gasteiger charge is 2.11. The van der Waals surface area contributed by atoms with Gasteiger partial charge in [0.2, 0.25) is 5.91 Å². The van der Waals surface area contributed by atoms with Crippen LogP contribution in [0.2, 0.25) is 0 Å². The van der Waals surface area contributed by atoms with Crippen molar-refractivity contribution >= 4 is 11.6 Å². The first-order valence-corrected chi connectivity index (χ1v) is 6.59. The van der Waals surface area contributed by atoms with Crippen molar-refractivity contribution in [3.05, 3.63) is 29.3 Å². The third-order valence-corrected chi connectivity index (χ3v) is 3.02. The van der Waals surface area contributed by atoms with Crippen molar-refractivity contribution in [1.82, 2.24) is 0 Å². The van der Waals surface area contributed by atoms with Crippen LogP contribution in [-0.4, -0.2) is 17.6 Å². The molecule has 1 aromatic carbocycles. The minimum Gasteiger partial charge on any atom is -0.395 e. The molecule has 2 N–H and O–H groups in total. The monoisotopic (exact) mass is 259 g/mol. The molecule has 1 unspecified atom stereocenters. The Morgan fingerprint density at radius 3 is 2.84 bits per heavy atom. The molecule has 0 fully saturated rings. The average molecular weight is 259 g/mol. The van der Waals surface area contributed by atoms with Crippen molar-refractivity contribution in [2.75, 3.05) is 11.9 Å². The molecule has 1 rings (SSSR count). The second-order valence-electron chi connectivity index (χ2n) is 4.60. The highest BCUT2D eigenvalue weighted by Crippen LogP contribution is 2.18. The molecule has 0 aliphatic carbocycles. The quantitative estimate of drug-likeness (QED) is 0.817. The highest BCUT2D eigenvalue weighted by molar-refractivity contribution is 5.93. The van der Waals surface area contributed by atoms with Crippen molar-refractivity contribution in [3.8, 4) is 11.8 Å². The Hall–Kier alpha value is -1.79. The Kier molecular flexibility index (Phi) is 6.11. The lowest BCUT2D eigenvalue weighted by molar-refractivity contribution is -0.119. The van der Waals surface area contributed by atoms with E-state index in [1.54, 1.807) is 0 Å². The number of hydrogen-bond donors (Lipinski definition) is 2. The summed E-state index contributed by atoms with van der Waals surface area (Å²) in [6.45, 7) is 5.93. The fraction of sp³-hybridized carbons (Fsp3) is 0.438. The molecule has 0 aromatic heterocycles. The van der Waals surface area contributed by atoms with E-state index in [1.165, 1.54) is 0 Å². The third-order valence-electron chi connectivity index (χ3n) is 3.02. The fourth-order valence-corrected chi connectivity index (χ4v) is 1.50. The third kappa shape index (κ3) is 4.76. The first kappa shape index (κ1) is 15.3. The van der Waals surface area contributed by atoms with Crippen LogP contribution < -0.4 is 5.32 Å². The number of aliphatic hydroxyl groups excluding tert-OH is 1. The van der Waals surface area contributed by atoms with Crippen molar-refractivity contribution < 1.29 is 9.90 Å². The van der Waals surface area contributed by atoms with Gasteiger partial charge in [-0.1, -0.05) is 31.8 Å². The summed E-state index contributed by atoms with van der Waals surface area (Å²) in [6, 6.07) is 5.73. The van der Waals surface area contributed by atoms with Crippen LogP contribution in [-0.2, 0) is 4.79 Å². The van der Waals surface area contributed by atoms with Crippen LogP contribution >= 0.6 is 0 Å². The van der Waals surface area contributed by atoms with Gasteiger partial charge < -0.3 is 10.4 Å². The standard InChI is InChI=1S/C16H21NO2/c1-4-12(2)16(19)17-15-11-14(7-5-6-10-18)9-8-13(15)3/h8-9,11-12,18H,4,6,10H2,1-3H3,(H,17,19). The molecule has 1 aromatic rings. The van der Waals surface area contributed by atoms with E-state index in [0.29, 0.717) is 6.42 Å². The van der Waals surface area contributed by atoms with Crippen molar-refractivity contribution in [3.63, 3.8) is 0 Å². The Bertz CT molecular complexity index is 497. The molecule has 0 radical (unpaired) electrons. The SMILES string of the molecule is CCC(C)C(=O)Nc1cc(C#CCCO)ccc1C. The topological polar surface area (TPSA) is 49.3 Å². The molecule has 0 bridgehead atoms. The van der Waals surface area contributed by atoms with Gasteiger partial charge in [-0.05, 0) is 31.0 Å². The Labute approximate surface area is 115 Å². The Morgan fingerprint density at radius 1 is 1.47 bits per heavy atom. The van der Waals surface area contributed by atoms with Crippen molar-refractivity contribution in [2.24, 2.45) is 5.92 Å². The molecule has 0 aliphatic heterocycles. The number of aryl methyl sites for hydroxylation is 1. The van der Waals surface area contributed by atoms with Crippen LogP contribution in [0.5, 0.6) is 0 Å². The molecule has 0 aliphatic rings. The second kappa shape index (κ2) is 7.60. The van der Waals surface area contributed by atoms with Crippen LogP contribution in [0.15, 0.2) is 18.2 Å². The Balaban J connectivity index is 2.86. The zero-order chi connectivity index (χ0) is 14.3. The lowest BCUT2D eigenvalue weighted by Gasteiger charge is -2.12. The number of hydrogen-bond acceptors (Lipinski definition) is 2. The maximum atomic E-state index is 11.9. The van der Waals surface area contributed by atoms with Gasteiger partial charge in [-0.25, -0.2) is 0 Å². The summed E-state index contributed by atoms with van der Waals surface area (Å²) in [5.74, 6) is 5.88. The van der Waals surface area contributed by atoms with Crippen molar-refractivity contribution in [1.29, 1.82) is 0 Å². The maximum absolute atomic E-state index is 11.9. The van der Waals surface area contributed by atoms with Gasteiger partial charge in [0, 0.05) is 23.6 Å². The molecule has 0 spiro atoms. The van der Waals surface area contributed by atoms with Gasteiger partial charge in [0.05, 0.1) is 6.61 Å². The summed E-state index contributed by atoms with van der Waals surface area (Å²) in [6.07, 6.45) is 1.28. The molecule has 0 saturated heterocycles. The van der Waals surface area contributed by atoms with Gasteiger partial charge in [0.15, 0.2) is 0 Å². The summed E-state index contributed by atoms with van der Waals surface area (Å²) in [5.41, 5.74) is 2.67. The number of aliphatic hydroxyl groups is 1. The molecule has 1 atom stereocenters. The summed E-state index contributed by atoms with van der Waals surface area (Å²) < 4.78 is 0. The van der Waals surface area contributed by atoms with Gasteiger partial charge in [0.25, 0.3) is 0 Å². The lowest BCUT2D eigenvalue weighted by Crippen LogP contribution is -2.20. The number of rotatable bonds is 4. The minimum atomic E-state index is 0.00327. The molecule has 3 nitrogen and oxygen atoms in total. The predicted octanol–water partition coefficient (Wildman–Crippen LogP) is 2.71. The van der Waals surface area contributed by atoms with E-state index in [4.69, 9.17) is 5.11 Å². The van der Waals surface area contributed by atoms with E-state index in [2.05, 4.69) is 17.2 Å². The predicted molar refractivity (Wildman–Crippen MR) is 77.8 cm³/mol. The van der Waals surface area contributed by atoms with E-state index in [9.17, 15) is 4.79 Å². The van der Waals surface area contributed by atoms with Crippen LogP contribution in [0.4, 0.5) is 5.69 Å². The molecule has 19 heavy (non-hydrogen) atoms. The molecule has 0 saturated carbocycles. The van der Waals surface area contributed by atoms with E-state index in [1.807, 2.05) is 39.0 Å². The first-order valence-electron chi connectivity index (χ1n) is 6.59. The lowest BCUT2D eigenvalue weighted by atomic mass is 10.1. The Morgan fingerprint density at radius 2 is 2.21 bits per heavy atom. The highest BCUT2D eigenvalue weighted by atomic mass is 16.2. The molecule has 3 heteroatoms. The average Bonchev–Trinajstić information content (AvgIpc) is 2.41. The smallest absolute Gasteiger partial charge is 0.227 e. The van der Waals surface area contributed by atoms with E-state index < -0.39 is 0 Å². The number of carbonyl (C=O) groups is 1. The summed E-state index contributed by atoms with van der Waals surface area (Å²) in [7, 11) is 0. The summed E-state index contributed by atoms with van der Waals surface area (Å²) in [5, 5.41) is 11.6. The number of anilines is 1. The molecule has 0 heterocycles. The van der Waals surface area contributed by atoms with Crippen LogP contribution in [0, 0.1) is 24.7 Å². The molecular formula is C16H21NO2. The molecule has 102 valence electrons. The van der Waals surface area contributed by atoms with Gasteiger partial charge in [-0.3, -0.25) is 4.79 Å². The van der Waals surface area contributed by atoms with Crippen molar-refractivity contribution in [2.45, 2.75) is 33.6 Å². The van der Waals surface area contributed by atoms with E-state index in [0.717, 1.165) is 23.2 Å². The minimum absolute atomic E-state index is 0.00327. The fourth-order valence-electron chi connectivity index (χ4n) is 1.50. The normalized spacial score (nSPS) is 11.4. The van der Waals surface area contributed by atoms with Crippen LogP contribution in [0.1, 0.15) is 37.8 Å². The second-order valence-corrected chi connectivity index (χ2v) is 4.60. The first-order chi connectivity index (χ1) is 9.08. The number of carbonyl (C=O) groups excluding carboxylic acids is 1. The molecule has 1 amide bonds. The maximum Gasteiger partial charge on any atom is 0.227 e. The van der Waals surface area contributed by atoms with Gasteiger partial charge in [0.1, 0.15) is 0 Å². The van der Waals surface area contributed by atoms with Crippen LogP contribution in [0.25, 0.3) is 0 Å². The molecular weight excluding hydrogens is 238 g/mol. The summed E-state index contributed by atoms with van der Waals surface area (Å²) >= 11 is 0. The summed E-state index contributed by atoms with van der Waals surface area (Å²) in [4.78, 5) is 11.9. The number of amides is 1. The number of nitrogens with one attached hydrogen (secondary N) is 1. The van der Waals surface area contributed by atoms with Gasteiger partial charge in [-0.15, -0.1) is 0 Å². The number of benzene rings is 1. The zero-order valence-electron chi connectivity index (χ0n) is 11.8. The van der Waals surface area contributed by atoms with Gasteiger partial charge in [-0.2, -0.15) is 0 Å².